The lowest BCUT2D eigenvalue weighted by Gasteiger charge is -2.21. The van der Waals surface area contributed by atoms with Crippen LogP contribution in [0.25, 0.3) is 0 Å². The minimum atomic E-state index is -1.11. The van der Waals surface area contributed by atoms with E-state index in [9.17, 15) is 20.1 Å². The number of aliphatic hydroxyl groups excluding tert-OH is 3. The summed E-state index contributed by atoms with van der Waals surface area (Å²) >= 11 is 0. The Balaban J connectivity index is 3.53. The minimum Gasteiger partial charge on any atom is -0.394 e. The van der Waals surface area contributed by atoms with Gasteiger partial charge in [0.05, 0.1) is 18.8 Å². The van der Waals surface area contributed by atoms with E-state index in [1.165, 1.54) is 270 Å². The van der Waals surface area contributed by atoms with Crippen molar-refractivity contribution in [2.45, 2.75) is 347 Å². The number of allylic oxidation sites excluding steroid dienone is 5. The fraction of sp³-hybridized carbons (Fsp3) is 0.887. The zero-order valence-electron chi connectivity index (χ0n) is 45.3. The summed E-state index contributed by atoms with van der Waals surface area (Å²) in [6.07, 6.45) is 75.4. The maximum atomic E-state index is 12.6. The summed E-state index contributed by atoms with van der Waals surface area (Å²) in [5.41, 5.74) is 0. The van der Waals surface area contributed by atoms with E-state index in [1.54, 1.807) is 6.08 Å². The Labute approximate surface area is 419 Å². The van der Waals surface area contributed by atoms with E-state index in [0.29, 0.717) is 6.42 Å². The second kappa shape index (κ2) is 57.2. The van der Waals surface area contributed by atoms with Gasteiger partial charge in [-0.15, -0.1) is 0 Å². The quantitative estimate of drug-likeness (QED) is 0.0361. The van der Waals surface area contributed by atoms with Crippen molar-refractivity contribution in [2.24, 2.45) is 0 Å². The predicted octanol–water partition coefficient (Wildman–Crippen LogP) is 19.0. The van der Waals surface area contributed by atoms with E-state index >= 15 is 0 Å². The first kappa shape index (κ1) is 65.6. The van der Waals surface area contributed by atoms with E-state index in [1.807, 2.05) is 6.08 Å². The van der Waals surface area contributed by atoms with Crippen molar-refractivity contribution < 1.29 is 20.1 Å². The first-order valence-corrected chi connectivity index (χ1v) is 30.3. The molecule has 3 unspecified atom stereocenters. The summed E-state index contributed by atoms with van der Waals surface area (Å²) < 4.78 is 0. The summed E-state index contributed by atoms with van der Waals surface area (Å²) in [5, 5.41) is 33.4. The van der Waals surface area contributed by atoms with Gasteiger partial charge in [-0.25, -0.2) is 0 Å². The van der Waals surface area contributed by atoms with Gasteiger partial charge in [-0.05, 0) is 57.8 Å². The standard InChI is InChI=1S/C62H119NO4/c1-3-5-7-9-11-13-15-17-19-21-23-24-25-26-27-28-29-30-31-32-33-34-35-36-37-39-41-43-45-47-49-51-53-55-57-61(66)62(67)63-59(58-64)60(65)56-54-52-50-48-46-44-42-40-38-22-20-18-16-14-12-10-8-6-4-2/h28-29,46,48,54,56,59-61,64-66H,3-27,30-45,47,49-53,55,57-58H2,1-2H3,(H,63,67)/b29-28-,48-46+,56-54+. The van der Waals surface area contributed by atoms with Crippen LogP contribution in [0, 0.1) is 0 Å². The van der Waals surface area contributed by atoms with Crippen LogP contribution in [-0.2, 0) is 4.79 Å². The molecule has 0 aliphatic carbocycles. The molecule has 0 radical (unpaired) electrons. The van der Waals surface area contributed by atoms with Gasteiger partial charge in [0.25, 0.3) is 0 Å². The number of rotatable bonds is 56. The van der Waals surface area contributed by atoms with Crippen molar-refractivity contribution in [3.05, 3.63) is 36.5 Å². The van der Waals surface area contributed by atoms with Crippen LogP contribution in [-0.4, -0.2) is 46.1 Å². The average Bonchev–Trinajstić information content (AvgIpc) is 3.33. The summed E-state index contributed by atoms with van der Waals surface area (Å²) in [4.78, 5) is 12.6. The third-order valence-corrected chi connectivity index (χ3v) is 14.2. The molecule has 0 bridgehead atoms. The molecule has 0 saturated carbocycles. The molecule has 67 heavy (non-hydrogen) atoms. The van der Waals surface area contributed by atoms with Gasteiger partial charge in [-0.2, -0.15) is 0 Å². The first-order chi connectivity index (χ1) is 33.1. The molecule has 0 heterocycles. The van der Waals surface area contributed by atoms with Gasteiger partial charge < -0.3 is 20.6 Å². The molecule has 1 amide bonds. The van der Waals surface area contributed by atoms with Crippen LogP contribution in [0.4, 0.5) is 0 Å². The minimum absolute atomic E-state index is 0.374. The van der Waals surface area contributed by atoms with Gasteiger partial charge in [0.1, 0.15) is 6.10 Å². The molecule has 0 aromatic heterocycles. The van der Waals surface area contributed by atoms with E-state index in [4.69, 9.17) is 0 Å². The van der Waals surface area contributed by atoms with Crippen molar-refractivity contribution in [1.82, 2.24) is 5.32 Å². The molecule has 0 rings (SSSR count). The number of unbranched alkanes of at least 4 members (excludes halogenated alkanes) is 44. The Morgan fingerprint density at radius 2 is 0.612 bits per heavy atom. The van der Waals surface area contributed by atoms with Gasteiger partial charge in [0.15, 0.2) is 0 Å². The smallest absolute Gasteiger partial charge is 0.249 e. The molecule has 0 aliphatic rings. The van der Waals surface area contributed by atoms with Gasteiger partial charge in [-0.3, -0.25) is 4.79 Å². The van der Waals surface area contributed by atoms with E-state index in [-0.39, 0.29) is 6.61 Å². The number of carbonyl (C=O) groups excluding carboxylic acids is 1. The number of hydrogen-bond acceptors (Lipinski definition) is 4. The maximum absolute atomic E-state index is 12.6. The SMILES string of the molecule is CCCCCCCCCCCCCCC/C=C/CC/C=C/C(O)C(CO)NC(=O)C(O)CCCCCCCCCCCCCCCCCC/C=C\CCCCCCCCCCCCCCCC. The van der Waals surface area contributed by atoms with E-state index < -0.39 is 24.2 Å². The number of hydrogen-bond donors (Lipinski definition) is 4. The predicted molar refractivity (Wildman–Crippen MR) is 296 cm³/mol. The summed E-state index contributed by atoms with van der Waals surface area (Å²) in [7, 11) is 0. The van der Waals surface area contributed by atoms with Gasteiger partial charge >= 0.3 is 0 Å². The molecule has 0 aromatic carbocycles. The lowest BCUT2D eigenvalue weighted by atomic mass is 10.0. The fourth-order valence-corrected chi connectivity index (χ4v) is 9.49. The second-order valence-corrected chi connectivity index (χ2v) is 20.9. The van der Waals surface area contributed by atoms with Crippen molar-refractivity contribution in [2.75, 3.05) is 6.61 Å². The lowest BCUT2D eigenvalue weighted by Crippen LogP contribution is -2.48. The van der Waals surface area contributed by atoms with Crippen molar-refractivity contribution in [1.29, 1.82) is 0 Å². The second-order valence-electron chi connectivity index (χ2n) is 20.9. The number of nitrogens with one attached hydrogen (secondary N) is 1. The highest BCUT2D eigenvalue weighted by atomic mass is 16.3. The Kier molecular flexibility index (Phi) is 55.9. The molecule has 396 valence electrons. The monoisotopic (exact) mass is 942 g/mol. The summed E-state index contributed by atoms with van der Waals surface area (Å²) in [5.74, 6) is -0.508. The van der Waals surface area contributed by atoms with Crippen molar-refractivity contribution in [3.8, 4) is 0 Å². The summed E-state index contributed by atoms with van der Waals surface area (Å²) in [6, 6.07) is -0.814. The first-order valence-electron chi connectivity index (χ1n) is 30.3. The molecule has 0 spiro atoms. The van der Waals surface area contributed by atoms with Gasteiger partial charge in [0.2, 0.25) is 5.91 Å². The molecular weight excluding hydrogens is 823 g/mol. The molecule has 0 aliphatic heterocycles. The highest BCUT2D eigenvalue weighted by Gasteiger charge is 2.22. The molecule has 0 aromatic rings. The van der Waals surface area contributed by atoms with Gasteiger partial charge in [0, 0.05) is 0 Å². The zero-order chi connectivity index (χ0) is 48.6. The van der Waals surface area contributed by atoms with Crippen LogP contribution >= 0.6 is 0 Å². The largest absolute Gasteiger partial charge is 0.394 e. The van der Waals surface area contributed by atoms with E-state index in [0.717, 1.165) is 38.5 Å². The molecule has 5 heteroatoms. The van der Waals surface area contributed by atoms with Crippen LogP contribution in [0.1, 0.15) is 328 Å². The van der Waals surface area contributed by atoms with E-state index in [2.05, 4.69) is 43.5 Å². The van der Waals surface area contributed by atoms with Crippen LogP contribution in [0.15, 0.2) is 36.5 Å². The summed E-state index contributed by atoms with van der Waals surface area (Å²) in [6.45, 7) is 4.21. The van der Waals surface area contributed by atoms with Crippen LogP contribution < -0.4 is 5.32 Å². The Morgan fingerprint density at radius 3 is 0.910 bits per heavy atom. The molecular formula is C62H119NO4. The fourth-order valence-electron chi connectivity index (χ4n) is 9.49. The molecule has 5 nitrogen and oxygen atoms in total. The Bertz CT molecular complexity index is 1040. The highest BCUT2D eigenvalue weighted by molar-refractivity contribution is 5.80. The van der Waals surface area contributed by atoms with Crippen LogP contribution in [0.3, 0.4) is 0 Å². The van der Waals surface area contributed by atoms with Crippen molar-refractivity contribution in [3.63, 3.8) is 0 Å². The highest BCUT2D eigenvalue weighted by Crippen LogP contribution is 2.18. The zero-order valence-corrected chi connectivity index (χ0v) is 45.3. The lowest BCUT2D eigenvalue weighted by molar-refractivity contribution is -0.131. The normalized spacial score (nSPS) is 13.4. The topological polar surface area (TPSA) is 89.8 Å². The maximum Gasteiger partial charge on any atom is 0.249 e. The Hall–Kier alpha value is -1.43. The third kappa shape index (κ3) is 52.2. The average molecular weight is 943 g/mol. The van der Waals surface area contributed by atoms with Crippen LogP contribution in [0.2, 0.25) is 0 Å². The number of carbonyl (C=O) groups is 1. The molecule has 3 atom stereocenters. The Morgan fingerprint density at radius 1 is 0.358 bits per heavy atom. The third-order valence-electron chi connectivity index (χ3n) is 14.2. The number of aliphatic hydroxyl groups is 3. The van der Waals surface area contributed by atoms with Crippen LogP contribution in [0.5, 0.6) is 0 Å². The number of amides is 1. The molecule has 0 saturated heterocycles. The van der Waals surface area contributed by atoms with Crippen molar-refractivity contribution >= 4 is 5.91 Å². The van der Waals surface area contributed by atoms with Gasteiger partial charge in [-0.1, -0.05) is 307 Å². The molecule has 4 N–H and O–H groups in total. The molecule has 0 fully saturated rings.